The van der Waals surface area contributed by atoms with Crippen molar-refractivity contribution in [3.63, 3.8) is 0 Å². The highest BCUT2D eigenvalue weighted by atomic mass is 32.2. The first kappa shape index (κ1) is 17.0. The van der Waals surface area contributed by atoms with Crippen molar-refractivity contribution in [2.24, 2.45) is 0 Å². The molecule has 17 heavy (non-hydrogen) atoms. The van der Waals surface area contributed by atoms with Crippen molar-refractivity contribution in [3.8, 4) is 0 Å². The van der Waals surface area contributed by atoms with E-state index in [2.05, 4.69) is 11.6 Å². The molecule has 0 aromatic heterocycles. The zero-order valence-electron chi connectivity index (χ0n) is 10.9. The Morgan fingerprint density at radius 3 is 2.18 bits per heavy atom. The third kappa shape index (κ3) is 16.0. The largest absolute Gasteiger partial charge is 0.760 e. The minimum absolute atomic E-state index is 0.368. The summed E-state index contributed by atoms with van der Waals surface area (Å²) in [6.45, 7) is 3.80. The van der Waals surface area contributed by atoms with Gasteiger partial charge in [-0.15, -0.1) is 0 Å². The fraction of sp³-hybridized carbons (Fsp3) is 1.00. The number of rotatable bonds is 13. The highest BCUT2D eigenvalue weighted by Crippen LogP contribution is 2.08. The average Bonchev–Trinajstić information content (AvgIpc) is 2.30. The molecule has 0 fully saturated rings. The van der Waals surface area contributed by atoms with Crippen LogP contribution in [0.1, 0.15) is 58.3 Å². The Labute approximate surface area is 108 Å². The van der Waals surface area contributed by atoms with E-state index in [-0.39, 0.29) is 0 Å². The highest BCUT2D eigenvalue weighted by Gasteiger charge is 1.92. The number of hydrogen-bond donors (Lipinski definition) is 1. The zero-order chi connectivity index (χ0) is 12.8. The molecule has 104 valence electrons. The van der Waals surface area contributed by atoms with Gasteiger partial charge in [0, 0.05) is 24.4 Å². The second-order valence-corrected chi connectivity index (χ2v) is 4.97. The normalized spacial score (nSPS) is 12.8. The molecule has 0 aromatic rings. The van der Waals surface area contributed by atoms with Crippen LogP contribution in [0.4, 0.5) is 0 Å². The summed E-state index contributed by atoms with van der Waals surface area (Å²) < 4.78 is 27.8. The van der Waals surface area contributed by atoms with Crippen LogP contribution in [-0.4, -0.2) is 28.5 Å². The molecule has 0 amide bonds. The van der Waals surface area contributed by atoms with Crippen LogP contribution in [0.15, 0.2) is 0 Å². The van der Waals surface area contributed by atoms with Crippen molar-refractivity contribution in [2.45, 2.75) is 58.3 Å². The quantitative estimate of drug-likeness (QED) is 0.411. The molecule has 0 aromatic carbocycles. The van der Waals surface area contributed by atoms with E-state index in [1.807, 2.05) is 0 Å². The Kier molecular flexibility index (Phi) is 14.1. The summed E-state index contributed by atoms with van der Waals surface area (Å²) in [4.78, 5) is 0. The highest BCUT2D eigenvalue weighted by molar-refractivity contribution is 7.77. The second kappa shape index (κ2) is 14.1. The molecule has 0 rings (SSSR count). The van der Waals surface area contributed by atoms with Crippen LogP contribution in [0.25, 0.3) is 0 Å². The Morgan fingerprint density at radius 1 is 1.00 bits per heavy atom. The summed E-state index contributed by atoms with van der Waals surface area (Å²) in [5.74, 6) is 0. The second-order valence-electron chi connectivity index (χ2n) is 4.22. The van der Waals surface area contributed by atoms with E-state index in [9.17, 15) is 8.76 Å². The molecule has 0 heterocycles. The van der Waals surface area contributed by atoms with Crippen molar-refractivity contribution in [1.29, 1.82) is 0 Å². The van der Waals surface area contributed by atoms with Gasteiger partial charge >= 0.3 is 0 Å². The summed E-state index contributed by atoms with van der Waals surface area (Å²) in [6, 6.07) is 0. The lowest BCUT2D eigenvalue weighted by atomic mass is 10.1. The molecule has 1 unspecified atom stereocenters. The van der Waals surface area contributed by atoms with Crippen LogP contribution in [0.2, 0.25) is 0 Å². The van der Waals surface area contributed by atoms with Gasteiger partial charge in [0.25, 0.3) is 0 Å². The van der Waals surface area contributed by atoms with Crippen molar-refractivity contribution < 1.29 is 13.5 Å². The van der Waals surface area contributed by atoms with E-state index < -0.39 is 11.3 Å². The van der Waals surface area contributed by atoms with Gasteiger partial charge in [-0.05, 0) is 6.42 Å². The van der Waals surface area contributed by atoms with Crippen molar-refractivity contribution in [1.82, 2.24) is 4.72 Å². The smallest absolute Gasteiger partial charge is 0.0600 e. The van der Waals surface area contributed by atoms with Gasteiger partial charge < -0.3 is 9.29 Å². The standard InChI is InChI=1S/C12H27NO3S/c1-2-3-4-5-6-7-8-9-11-16-12-10-13-17(14)15/h13H,2-12H2,1H3,(H,14,15)/p-1. The lowest BCUT2D eigenvalue weighted by Crippen LogP contribution is -2.21. The first-order valence-corrected chi connectivity index (χ1v) is 7.75. The predicted octanol–water partition coefficient (Wildman–Crippen LogP) is 2.53. The summed E-state index contributed by atoms with van der Waals surface area (Å²) in [5, 5.41) is 0. The molecule has 0 bridgehead atoms. The maximum Gasteiger partial charge on any atom is 0.0600 e. The van der Waals surface area contributed by atoms with Gasteiger partial charge in [0.1, 0.15) is 0 Å². The molecule has 0 aliphatic heterocycles. The molecule has 0 aliphatic carbocycles. The van der Waals surface area contributed by atoms with Crippen LogP contribution in [0, 0.1) is 0 Å². The lowest BCUT2D eigenvalue weighted by Gasteiger charge is -2.07. The van der Waals surface area contributed by atoms with Gasteiger partial charge in [-0.2, -0.15) is 0 Å². The first-order chi connectivity index (χ1) is 8.27. The van der Waals surface area contributed by atoms with Gasteiger partial charge in [0.2, 0.25) is 0 Å². The van der Waals surface area contributed by atoms with E-state index in [0.717, 1.165) is 13.0 Å². The predicted molar refractivity (Wildman–Crippen MR) is 70.4 cm³/mol. The van der Waals surface area contributed by atoms with Gasteiger partial charge in [-0.25, -0.2) is 4.72 Å². The van der Waals surface area contributed by atoms with E-state index in [1.54, 1.807) is 0 Å². The van der Waals surface area contributed by atoms with E-state index >= 15 is 0 Å². The molecule has 0 radical (unpaired) electrons. The molecular formula is C12H26NO3S-. The Bertz CT molecular complexity index is 179. The summed E-state index contributed by atoms with van der Waals surface area (Å²) in [6.07, 6.45) is 10.3. The van der Waals surface area contributed by atoms with Crippen molar-refractivity contribution in [3.05, 3.63) is 0 Å². The van der Waals surface area contributed by atoms with Crippen LogP contribution in [0.5, 0.6) is 0 Å². The molecule has 5 heteroatoms. The van der Waals surface area contributed by atoms with Crippen molar-refractivity contribution >= 4 is 11.3 Å². The molecular weight excluding hydrogens is 238 g/mol. The van der Waals surface area contributed by atoms with E-state index in [0.29, 0.717) is 13.2 Å². The zero-order valence-corrected chi connectivity index (χ0v) is 11.7. The molecule has 4 nitrogen and oxygen atoms in total. The lowest BCUT2D eigenvalue weighted by molar-refractivity contribution is 0.134. The number of ether oxygens (including phenoxy) is 1. The number of hydrogen-bond acceptors (Lipinski definition) is 3. The van der Waals surface area contributed by atoms with Gasteiger partial charge in [-0.3, -0.25) is 4.21 Å². The molecule has 0 spiro atoms. The van der Waals surface area contributed by atoms with E-state index in [4.69, 9.17) is 4.74 Å². The minimum Gasteiger partial charge on any atom is -0.760 e. The maximum absolute atomic E-state index is 10.1. The monoisotopic (exact) mass is 264 g/mol. The fourth-order valence-electron chi connectivity index (χ4n) is 1.64. The molecule has 1 N–H and O–H groups in total. The van der Waals surface area contributed by atoms with Gasteiger partial charge in [-0.1, -0.05) is 51.9 Å². The Hall–Kier alpha value is 0.0300. The van der Waals surface area contributed by atoms with Gasteiger partial charge in [0.15, 0.2) is 0 Å². The van der Waals surface area contributed by atoms with Crippen LogP contribution in [-0.2, 0) is 16.0 Å². The third-order valence-corrected chi connectivity index (χ3v) is 3.05. The SMILES string of the molecule is CCCCCCCCCCOCCNS(=O)[O-]. The van der Waals surface area contributed by atoms with Crippen LogP contribution in [0.3, 0.4) is 0 Å². The summed E-state index contributed by atoms with van der Waals surface area (Å²) in [5.41, 5.74) is 0. The Balaban J connectivity index is 2.91. The fourth-order valence-corrected chi connectivity index (χ4v) is 1.89. The number of nitrogens with one attached hydrogen (secondary N) is 1. The maximum atomic E-state index is 10.1. The van der Waals surface area contributed by atoms with Gasteiger partial charge in [0.05, 0.1) is 6.61 Å². The molecule has 0 aliphatic rings. The van der Waals surface area contributed by atoms with E-state index in [1.165, 1.54) is 44.9 Å². The topological polar surface area (TPSA) is 61.4 Å². The third-order valence-electron chi connectivity index (χ3n) is 2.61. The van der Waals surface area contributed by atoms with Crippen LogP contribution >= 0.6 is 0 Å². The number of unbranched alkanes of at least 4 members (excludes halogenated alkanes) is 7. The average molecular weight is 264 g/mol. The molecule has 0 saturated heterocycles. The summed E-state index contributed by atoms with van der Waals surface area (Å²) in [7, 11) is 0. The minimum atomic E-state index is -2.16. The first-order valence-electron chi connectivity index (χ1n) is 6.68. The van der Waals surface area contributed by atoms with Crippen molar-refractivity contribution in [2.75, 3.05) is 19.8 Å². The molecule has 0 saturated carbocycles. The molecule has 1 atom stereocenters. The van der Waals surface area contributed by atoms with Crippen LogP contribution < -0.4 is 4.72 Å². The summed E-state index contributed by atoms with van der Waals surface area (Å²) >= 11 is -2.16. The Morgan fingerprint density at radius 2 is 1.59 bits per heavy atom.